The van der Waals surface area contributed by atoms with Crippen molar-refractivity contribution in [1.82, 2.24) is 29.6 Å². The van der Waals surface area contributed by atoms with Crippen molar-refractivity contribution < 1.29 is 0 Å². The van der Waals surface area contributed by atoms with Gasteiger partial charge in [-0.1, -0.05) is 29.5 Å². The maximum absolute atomic E-state index is 4.67. The largest absolute Gasteiger partial charge is 0.240 e. The Balaban J connectivity index is 1.56. The normalized spacial score (nSPS) is 14.7. The fourth-order valence-electron chi connectivity index (χ4n) is 2.50. The first kappa shape index (κ1) is 12.0. The molecule has 0 bridgehead atoms. The highest BCUT2D eigenvalue weighted by atomic mass is 32.1. The molecule has 0 saturated heterocycles. The molecule has 0 amide bonds. The smallest absolute Gasteiger partial charge is 0.234 e. The first-order valence-corrected chi connectivity index (χ1v) is 8.03. The van der Waals surface area contributed by atoms with Crippen molar-refractivity contribution >= 4 is 16.3 Å². The molecule has 0 N–H and O–H groups in total. The van der Waals surface area contributed by atoms with Crippen molar-refractivity contribution in [2.24, 2.45) is 0 Å². The number of hydrogen-bond donors (Lipinski definition) is 0. The predicted octanol–water partition coefficient (Wildman–Crippen LogP) is 2.92. The molecule has 3 heterocycles. The van der Waals surface area contributed by atoms with Gasteiger partial charge in [-0.3, -0.25) is 0 Å². The molecule has 0 radical (unpaired) electrons. The molecule has 0 atom stereocenters. The zero-order chi connectivity index (χ0) is 14.5. The third-order valence-corrected chi connectivity index (χ3v) is 4.76. The van der Waals surface area contributed by atoms with Crippen LogP contribution in [-0.2, 0) is 0 Å². The highest BCUT2D eigenvalue weighted by Gasteiger charge is 2.30. The molecule has 1 aromatic carbocycles. The van der Waals surface area contributed by atoms with E-state index in [0.717, 1.165) is 27.0 Å². The van der Waals surface area contributed by atoms with Crippen LogP contribution >= 0.6 is 11.3 Å². The molecule has 5 rings (SSSR count). The summed E-state index contributed by atoms with van der Waals surface area (Å²) in [7, 11) is 0. The lowest BCUT2D eigenvalue weighted by atomic mass is 10.3. The zero-order valence-electron chi connectivity index (χ0n) is 11.6. The first-order valence-electron chi connectivity index (χ1n) is 7.21. The number of rotatable bonds is 3. The second-order valence-electron chi connectivity index (χ2n) is 5.44. The average molecular weight is 308 g/mol. The molecule has 22 heavy (non-hydrogen) atoms. The molecule has 7 heteroatoms. The highest BCUT2D eigenvalue weighted by Crippen LogP contribution is 2.39. The summed E-state index contributed by atoms with van der Waals surface area (Å²) in [6.45, 7) is 0. The number of nitrogens with zero attached hydrogens (tertiary/aromatic N) is 6. The van der Waals surface area contributed by atoms with E-state index in [1.807, 2.05) is 51.9 Å². The van der Waals surface area contributed by atoms with Crippen molar-refractivity contribution in [1.29, 1.82) is 0 Å². The predicted molar refractivity (Wildman–Crippen MR) is 83.2 cm³/mol. The van der Waals surface area contributed by atoms with Gasteiger partial charge in [0.05, 0.1) is 17.4 Å². The van der Waals surface area contributed by atoms with Crippen LogP contribution in [-0.4, -0.2) is 29.6 Å². The summed E-state index contributed by atoms with van der Waals surface area (Å²) in [5.74, 6) is 1.53. The molecule has 1 aliphatic carbocycles. The van der Waals surface area contributed by atoms with E-state index < -0.39 is 0 Å². The standard InChI is InChI=1S/C15H12N6S/c1-2-4-12(5-3-1)20-9-11(8-16-20)14-19-21-13(10-6-7-10)17-18-15(21)22-14/h1-5,8-10H,6-7H2. The first-order chi connectivity index (χ1) is 10.9. The van der Waals surface area contributed by atoms with Crippen molar-refractivity contribution in [2.45, 2.75) is 18.8 Å². The Bertz CT molecular complexity index is 947. The van der Waals surface area contributed by atoms with Gasteiger partial charge in [0.15, 0.2) is 10.8 Å². The lowest BCUT2D eigenvalue weighted by Crippen LogP contribution is -1.93. The van der Waals surface area contributed by atoms with Crippen LogP contribution in [0.15, 0.2) is 42.7 Å². The van der Waals surface area contributed by atoms with Crippen LogP contribution in [0.25, 0.3) is 21.2 Å². The molecule has 3 aromatic heterocycles. The maximum Gasteiger partial charge on any atom is 0.234 e. The summed E-state index contributed by atoms with van der Waals surface area (Å²) in [4.78, 5) is 0.851. The van der Waals surface area contributed by atoms with Crippen LogP contribution < -0.4 is 0 Å². The summed E-state index contributed by atoms with van der Waals surface area (Å²) in [6.07, 6.45) is 6.23. The Labute approximate surface area is 130 Å². The second-order valence-corrected chi connectivity index (χ2v) is 6.40. The van der Waals surface area contributed by atoms with Gasteiger partial charge in [-0.2, -0.15) is 14.7 Å². The van der Waals surface area contributed by atoms with Gasteiger partial charge in [0.25, 0.3) is 0 Å². The van der Waals surface area contributed by atoms with E-state index in [4.69, 9.17) is 0 Å². The number of fused-ring (bicyclic) bond motifs is 1. The number of para-hydroxylation sites is 1. The quantitative estimate of drug-likeness (QED) is 0.584. The fourth-order valence-corrected chi connectivity index (χ4v) is 3.32. The van der Waals surface area contributed by atoms with E-state index in [1.165, 1.54) is 12.8 Å². The molecule has 108 valence electrons. The topological polar surface area (TPSA) is 60.9 Å². The summed E-state index contributed by atoms with van der Waals surface area (Å²) in [5, 5.41) is 18.5. The van der Waals surface area contributed by atoms with Gasteiger partial charge in [0, 0.05) is 12.1 Å². The second kappa shape index (κ2) is 4.48. The van der Waals surface area contributed by atoms with Gasteiger partial charge < -0.3 is 0 Å². The Hall–Kier alpha value is -2.54. The van der Waals surface area contributed by atoms with E-state index >= 15 is 0 Å². The van der Waals surface area contributed by atoms with Crippen LogP contribution in [0.2, 0.25) is 0 Å². The van der Waals surface area contributed by atoms with Crippen molar-refractivity contribution in [3.8, 4) is 16.3 Å². The van der Waals surface area contributed by atoms with Gasteiger partial charge >= 0.3 is 0 Å². The molecular weight excluding hydrogens is 296 g/mol. The van der Waals surface area contributed by atoms with Crippen LogP contribution in [0.3, 0.4) is 0 Å². The highest BCUT2D eigenvalue weighted by molar-refractivity contribution is 7.19. The molecular formula is C15H12N6S. The molecule has 6 nitrogen and oxygen atoms in total. The van der Waals surface area contributed by atoms with Gasteiger partial charge in [0.1, 0.15) is 0 Å². The van der Waals surface area contributed by atoms with E-state index in [9.17, 15) is 0 Å². The fraction of sp³-hybridized carbons (Fsp3) is 0.200. The SMILES string of the molecule is c1ccc(-n2cc(-c3nn4c(C5CC5)nnc4s3)cn2)cc1. The molecule has 1 fully saturated rings. The van der Waals surface area contributed by atoms with E-state index in [1.54, 1.807) is 11.3 Å². The molecule has 0 unspecified atom stereocenters. The number of aromatic nitrogens is 6. The van der Waals surface area contributed by atoms with Crippen LogP contribution in [0.4, 0.5) is 0 Å². The third-order valence-electron chi connectivity index (χ3n) is 3.81. The Morgan fingerprint density at radius 3 is 2.77 bits per heavy atom. The van der Waals surface area contributed by atoms with Gasteiger partial charge in [-0.05, 0) is 25.0 Å². The Morgan fingerprint density at radius 1 is 1.09 bits per heavy atom. The van der Waals surface area contributed by atoms with Gasteiger partial charge in [0.2, 0.25) is 4.96 Å². The molecule has 4 aromatic rings. The monoisotopic (exact) mass is 308 g/mol. The van der Waals surface area contributed by atoms with Crippen molar-refractivity contribution in [2.75, 3.05) is 0 Å². The molecule has 0 spiro atoms. The van der Waals surface area contributed by atoms with Crippen LogP contribution in [0.5, 0.6) is 0 Å². The Morgan fingerprint density at radius 2 is 1.95 bits per heavy atom. The minimum atomic E-state index is 0.539. The number of benzene rings is 1. The van der Waals surface area contributed by atoms with Gasteiger partial charge in [-0.15, -0.1) is 10.2 Å². The molecule has 0 aliphatic heterocycles. The molecule has 1 saturated carbocycles. The molecule has 1 aliphatic rings. The zero-order valence-corrected chi connectivity index (χ0v) is 12.4. The maximum atomic E-state index is 4.67. The van der Waals surface area contributed by atoms with Gasteiger partial charge in [-0.25, -0.2) is 4.68 Å². The lowest BCUT2D eigenvalue weighted by Gasteiger charge is -1.98. The summed E-state index contributed by atoms with van der Waals surface area (Å²) in [5.41, 5.74) is 2.04. The van der Waals surface area contributed by atoms with Crippen molar-refractivity contribution in [3.63, 3.8) is 0 Å². The summed E-state index contributed by atoms with van der Waals surface area (Å²) < 4.78 is 3.75. The van der Waals surface area contributed by atoms with Crippen molar-refractivity contribution in [3.05, 3.63) is 48.5 Å². The minimum Gasteiger partial charge on any atom is -0.240 e. The summed E-state index contributed by atoms with van der Waals surface area (Å²) >= 11 is 1.55. The van der Waals surface area contributed by atoms with E-state index in [-0.39, 0.29) is 0 Å². The van der Waals surface area contributed by atoms with E-state index in [2.05, 4.69) is 20.4 Å². The van der Waals surface area contributed by atoms with E-state index in [0.29, 0.717) is 5.92 Å². The number of hydrogen-bond acceptors (Lipinski definition) is 5. The summed E-state index contributed by atoms with van der Waals surface area (Å²) in [6, 6.07) is 10.1. The Kier molecular flexibility index (Phi) is 2.45. The van der Waals surface area contributed by atoms with Crippen LogP contribution in [0.1, 0.15) is 24.6 Å². The average Bonchev–Trinajstić information content (AvgIpc) is 2.99. The third kappa shape index (κ3) is 1.86. The van der Waals surface area contributed by atoms with Crippen LogP contribution in [0, 0.1) is 0 Å². The minimum absolute atomic E-state index is 0.539. The lowest BCUT2D eigenvalue weighted by molar-refractivity contribution is 0.828.